The van der Waals surface area contributed by atoms with Crippen molar-refractivity contribution in [3.8, 4) is 0 Å². The largest absolute Gasteiger partial charge is 0.418 e. The summed E-state index contributed by atoms with van der Waals surface area (Å²) in [6, 6.07) is 2.33. The number of benzene rings is 1. The lowest BCUT2D eigenvalue weighted by Gasteiger charge is -2.13. The van der Waals surface area contributed by atoms with Crippen LogP contribution in [-0.4, -0.2) is 5.24 Å². The van der Waals surface area contributed by atoms with Crippen LogP contribution in [0.5, 0.6) is 0 Å². The van der Waals surface area contributed by atoms with Crippen LogP contribution in [0.4, 0.5) is 13.2 Å². The molecule has 0 aliphatic heterocycles. The number of rotatable bonds is 1. The third-order valence-electron chi connectivity index (χ3n) is 1.85. The minimum atomic E-state index is -4.59. The second kappa shape index (κ2) is 4.02. The van der Waals surface area contributed by atoms with E-state index >= 15 is 0 Å². The Hall–Kier alpha value is -0.740. The van der Waals surface area contributed by atoms with E-state index in [4.69, 9.17) is 23.2 Å². The van der Waals surface area contributed by atoms with E-state index < -0.39 is 22.0 Å². The molecule has 0 atom stereocenters. The summed E-state index contributed by atoms with van der Waals surface area (Å²) < 4.78 is 37.5. The smallest absolute Gasteiger partial charge is 0.276 e. The quantitative estimate of drug-likeness (QED) is 0.693. The average molecular weight is 257 g/mol. The zero-order valence-electron chi connectivity index (χ0n) is 7.45. The van der Waals surface area contributed by atoms with Gasteiger partial charge in [-0.25, -0.2) is 0 Å². The molecule has 0 unspecified atom stereocenters. The van der Waals surface area contributed by atoms with E-state index in [-0.39, 0.29) is 11.1 Å². The molecule has 0 aliphatic rings. The number of hydrogen-bond acceptors (Lipinski definition) is 1. The molecule has 0 aliphatic carbocycles. The van der Waals surface area contributed by atoms with E-state index in [2.05, 4.69) is 0 Å². The molecule has 0 radical (unpaired) electrons. The van der Waals surface area contributed by atoms with Crippen molar-refractivity contribution in [2.24, 2.45) is 0 Å². The zero-order valence-corrected chi connectivity index (χ0v) is 8.96. The summed E-state index contributed by atoms with van der Waals surface area (Å²) in [5, 5.41) is -1.66. The molecule has 6 heteroatoms. The highest BCUT2D eigenvalue weighted by Gasteiger charge is 2.36. The Labute approximate surface area is 93.8 Å². The average Bonchev–Trinajstić information content (AvgIpc) is 2.00. The molecule has 0 saturated heterocycles. The molecular weight excluding hydrogens is 252 g/mol. The first-order valence-corrected chi connectivity index (χ1v) is 4.57. The highest BCUT2D eigenvalue weighted by atomic mass is 35.5. The first-order valence-electron chi connectivity index (χ1n) is 3.81. The molecule has 82 valence electrons. The Kier molecular flexibility index (Phi) is 3.31. The molecule has 0 N–H and O–H groups in total. The Morgan fingerprint density at radius 1 is 1.33 bits per heavy atom. The first kappa shape index (κ1) is 12.3. The van der Waals surface area contributed by atoms with Crippen molar-refractivity contribution in [1.29, 1.82) is 0 Å². The summed E-state index contributed by atoms with van der Waals surface area (Å²) in [6.07, 6.45) is -4.59. The van der Waals surface area contributed by atoms with E-state index in [0.717, 1.165) is 6.07 Å². The topological polar surface area (TPSA) is 17.1 Å². The van der Waals surface area contributed by atoms with Crippen LogP contribution in [0.15, 0.2) is 12.1 Å². The van der Waals surface area contributed by atoms with Gasteiger partial charge in [-0.05, 0) is 30.2 Å². The molecular formula is C9H5Cl2F3O. The van der Waals surface area contributed by atoms with Crippen LogP contribution in [0.25, 0.3) is 0 Å². The molecule has 0 saturated carbocycles. The number of halogens is 5. The molecule has 0 bridgehead atoms. The standard InChI is InChI=1S/C9H5Cl2F3O/c1-4-2-3-5(8(11)15)7(10)6(4)9(12,13)14/h2-3H,1H3. The van der Waals surface area contributed by atoms with Crippen LogP contribution < -0.4 is 0 Å². The number of alkyl halides is 3. The van der Waals surface area contributed by atoms with Crippen molar-refractivity contribution in [2.75, 3.05) is 0 Å². The van der Waals surface area contributed by atoms with Gasteiger partial charge in [0, 0.05) is 0 Å². The Bertz CT molecular complexity index is 413. The maximum Gasteiger partial charge on any atom is 0.418 e. The fourth-order valence-electron chi connectivity index (χ4n) is 1.17. The van der Waals surface area contributed by atoms with Crippen molar-refractivity contribution in [1.82, 2.24) is 0 Å². The fraction of sp³-hybridized carbons (Fsp3) is 0.222. The highest BCUT2D eigenvalue weighted by molar-refractivity contribution is 6.68. The molecule has 1 aromatic rings. The van der Waals surface area contributed by atoms with Crippen molar-refractivity contribution >= 4 is 28.4 Å². The zero-order chi connectivity index (χ0) is 11.8. The molecule has 0 fully saturated rings. The van der Waals surface area contributed by atoms with E-state index in [1.165, 1.54) is 13.0 Å². The molecule has 0 amide bonds. The van der Waals surface area contributed by atoms with Gasteiger partial charge in [-0.15, -0.1) is 0 Å². The maximum atomic E-state index is 12.5. The van der Waals surface area contributed by atoms with Crippen molar-refractivity contribution < 1.29 is 18.0 Å². The number of carbonyl (C=O) groups excluding carboxylic acids is 1. The molecule has 1 rings (SSSR count). The normalized spacial score (nSPS) is 11.6. The van der Waals surface area contributed by atoms with E-state index in [0.29, 0.717) is 0 Å². The van der Waals surface area contributed by atoms with Gasteiger partial charge in [0.25, 0.3) is 5.24 Å². The van der Waals surface area contributed by atoms with Gasteiger partial charge in [0.2, 0.25) is 0 Å². The van der Waals surface area contributed by atoms with Crippen LogP contribution in [0.1, 0.15) is 21.5 Å². The predicted molar refractivity (Wildman–Crippen MR) is 51.4 cm³/mol. The van der Waals surface area contributed by atoms with Crippen LogP contribution >= 0.6 is 23.2 Å². The fourth-order valence-corrected chi connectivity index (χ4v) is 1.78. The van der Waals surface area contributed by atoms with Gasteiger partial charge >= 0.3 is 6.18 Å². The summed E-state index contributed by atoms with van der Waals surface area (Å²) in [4.78, 5) is 10.8. The van der Waals surface area contributed by atoms with Crippen LogP contribution in [0.3, 0.4) is 0 Å². The van der Waals surface area contributed by atoms with E-state index in [9.17, 15) is 18.0 Å². The maximum absolute atomic E-state index is 12.5. The van der Waals surface area contributed by atoms with Gasteiger partial charge in [-0.1, -0.05) is 17.7 Å². The van der Waals surface area contributed by atoms with Crippen molar-refractivity contribution in [2.45, 2.75) is 13.1 Å². The lowest BCUT2D eigenvalue weighted by Crippen LogP contribution is -2.10. The lowest BCUT2D eigenvalue weighted by atomic mass is 10.0. The van der Waals surface area contributed by atoms with Gasteiger partial charge in [0.15, 0.2) is 0 Å². The number of carbonyl (C=O) groups is 1. The summed E-state index contributed by atoms with van der Waals surface area (Å²) in [5.41, 5.74) is -1.40. The second-order valence-corrected chi connectivity index (χ2v) is 3.61. The van der Waals surface area contributed by atoms with E-state index in [1.54, 1.807) is 0 Å². The monoisotopic (exact) mass is 256 g/mol. The molecule has 0 heterocycles. The first-order chi connectivity index (χ1) is 6.75. The van der Waals surface area contributed by atoms with Crippen molar-refractivity contribution in [3.05, 3.63) is 33.8 Å². The molecule has 15 heavy (non-hydrogen) atoms. The Morgan fingerprint density at radius 2 is 1.87 bits per heavy atom. The minimum absolute atomic E-state index is 0.0471. The summed E-state index contributed by atoms with van der Waals surface area (Å²) in [5.74, 6) is 0. The van der Waals surface area contributed by atoms with Gasteiger partial charge in [0.05, 0.1) is 16.1 Å². The van der Waals surface area contributed by atoms with Crippen LogP contribution in [0.2, 0.25) is 5.02 Å². The predicted octanol–water partition coefficient (Wildman–Crippen LogP) is 4.05. The third-order valence-corrected chi connectivity index (χ3v) is 2.44. The summed E-state index contributed by atoms with van der Waals surface area (Å²) in [6.45, 7) is 1.26. The Balaban J connectivity index is 3.51. The SMILES string of the molecule is Cc1ccc(C(=O)Cl)c(Cl)c1C(F)(F)F. The second-order valence-electron chi connectivity index (χ2n) is 2.89. The van der Waals surface area contributed by atoms with Crippen LogP contribution in [-0.2, 0) is 6.18 Å². The highest BCUT2D eigenvalue weighted by Crippen LogP contribution is 2.38. The minimum Gasteiger partial charge on any atom is -0.276 e. The number of hydrogen-bond donors (Lipinski definition) is 0. The van der Waals surface area contributed by atoms with Gasteiger partial charge < -0.3 is 0 Å². The Morgan fingerprint density at radius 3 is 2.27 bits per heavy atom. The van der Waals surface area contributed by atoms with E-state index in [1.807, 2.05) is 0 Å². The molecule has 0 spiro atoms. The molecule has 1 nitrogen and oxygen atoms in total. The molecule has 1 aromatic carbocycles. The van der Waals surface area contributed by atoms with Gasteiger partial charge in [-0.3, -0.25) is 4.79 Å². The summed E-state index contributed by atoms with van der Waals surface area (Å²) >= 11 is 10.6. The lowest BCUT2D eigenvalue weighted by molar-refractivity contribution is -0.137. The third kappa shape index (κ3) is 2.44. The van der Waals surface area contributed by atoms with Gasteiger partial charge in [-0.2, -0.15) is 13.2 Å². The van der Waals surface area contributed by atoms with Gasteiger partial charge in [0.1, 0.15) is 0 Å². The molecule has 0 aromatic heterocycles. The summed E-state index contributed by atoms with van der Waals surface area (Å²) in [7, 11) is 0. The van der Waals surface area contributed by atoms with Crippen LogP contribution in [0, 0.1) is 6.92 Å². The number of aryl methyl sites for hydroxylation is 1. The van der Waals surface area contributed by atoms with Crippen molar-refractivity contribution in [3.63, 3.8) is 0 Å².